The maximum absolute atomic E-state index is 3.93. The van der Waals surface area contributed by atoms with Crippen molar-refractivity contribution in [2.45, 2.75) is 118 Å². The van der Waals surface area contributed by atoms with Crippen molar-refractivity contribution in [1.82, 2.24) is 5.32 Å². The van der Waals surface area contributed by atoms with E-state index >= 15 is 0 Å². The summed E-state index contributed by atoms with van der Waals surface area (Å²) in [6, 6.07) is 0. The molecule has 22 heavy (non-hydrogen) atoms. The van der Waals surface area contributed by atoms with Gasteiger partial charge in [0, 0.05) is 5.54 Å². The average Bonchev–Trinajstić information content (AvgIpc) is 2.55. The van der Waals surface area contributed by atoms with Gasteiger partial charge in [-0.3, -0.25) is 0 Å². The van der Waals surface area contributed by atoms with Crippen molar-refractivity contribution in [1.29, 1.82) is 0 Å². The van der Waals surface area contributed by atoms with Crippen LogP contribution in [0.1, 0.15) is 112 Å². The lowest BCUT2D eigenvalue weighted by Gasteiger charge is -2.40. The Balaban J connectivity index is 4.86. The minimum Gasteiger partial charge on any atom is -0.312 e. The molecule has 0 aliphatic carbocycles. The fourth-order valence-corrected chi connectivity index (χ4v) is 4.01. The van der Waals surface area contributed by atoms with Crippen LogP contribution in [0, 0.1) is 11.8 Å². The molecule has 0 heterocycles. The Bertz CT molecular complexity index is 218. The van der Waals surface area contributed by atoms with Crippen molar-refractivity contribution in [3.05, 3.63) is 0 Å². The molecule has 1 N–H and O–H groups in total. The molecule has 1 heteroatoms. The quantitative estimate of drug-likeness (QED) is 0.345. The molecule has 0 aliphatic heterocycles. The highest BCUT2D eigenvalue weighted by atomic mass is 15.0. The van der Waals surface area contributed by atoms with Gasteiger partial charge in [0.15, 0.2) is 0 Å². The van der Waals surface area contributed by atoms with Crippen LogP contribution in [0.15, 0.2) is 0 Å². The molecule has 0 spiro atoms. The summed E-state index contributed by atoms with van der Waals surface area (Å²) in [4.78, 5) is 0. The zero-order valence-corrected chi connectivity index (χ0v) is 16.6. The first-order chi connectivity index (χ1) is 10.6. The molecule has 0 amide bonds. The predicted molar refractivity (Wildman–Crippen MR) is 103 cm³/mol. The lowest BCUT2D eigenvalue weighted by molar-refractivity contribution is 0.181. The third kappa shape index (κ3) is 8.56. The molecule has 0 rings (SSSR count). The van der Waals surface area contributed by atoms with Gasteiger partial charge in [-0.05, 0) is 37.6 Å². The second-order valence-electron chi connectivity index (χ2n) is 7.41. The van der Waals surface area contributed by atoms with Crippen LogP contribution in [-0.4, -0.2) is 12.1 Å². The van der Waals surface area contributed by atoms with E-state index in [-0.39, 0.29) is 0 Å². The summed E-state index contributed by atoms with van der Waals surface area (Å²) in [5, 5.41) is 3.93. The van der Waals surface area contributed by atoms with Crippen molar-refractivity contribution in [2.24, 2.45) is 11.8 Å². The third-order valence-corrected chi connectivity index (χ3v) is 5.67. The van der Waals surface area contributed by atoms with Gasteiger partial charge in [0.25, 0.3) is 0 Å². The van der Waals surface area contributed by atoms with Gasteiger partial charge < -0.3 is 5.32 Å². The first-order valence-corrected chi connectivity index (χ1v) is 10.4. The lowest BCUT2D eigenvalue weighted by atomic mass is 9.75. The SMILES string of the molecule is CCCCC(CC)CC(CC)(CC(CC)CCCC)NCC. The average molecular weight is 312 g/mol. The van der Waals surface area contributed by atoms with E-state index in [4.69, 9.17) is 0 Å². The Hall–Kier alpha value is -0.0400. The molecule has 0 aromatic rings. The molecule has 0 bridgehead atoms. The van der Waals surface area contributed by atoms with Crippen LogP contribution in [-0.2, 0) is 0 Å². The number of rotatable bonds is 15. The van der Waals surface area contributed by atoms with Gasteiger partial charge in [0.1, 0.15) is 0 Å². The first kappa shape index (κ1) is 22.0. The summed E-state index contributed by atoms with van der Waals surface area (Å²) in [6.07, 6.45) is 15.1. The molecule has 0 radical (unpaired) electrons. The van der Waals surface area contributed by atoms with Crippen LogP contribution >= 0.6 is 0 Å². The normalized spacial score (nSPS) is 17.2. The molecule has 1 nitrogen and oxygen atoms in total. The minimum atomic E-state index is 0.386. The molecule has 0 aromatic heterocycles. The second-order valence-corrected chi connectivity index (χ2v) is 7.41. The Labute approximate surface area is 142 Å². The van der Waals surface area contributed by atoms with Gasteiger partial charge in [0.2, 0.25) is 0 Å². The molecule has 0 fully saturated rings. The van der Waals surface area contributed by atoms with Crippen LogP contribution in [0.2, 0.25) is 0 Å². The molecule has 0 aliphatic rings. The zero-order valence-electron chi connectivity index (χ0n) is 16.6. The second kappa shape index (κ2) is 13.4. The Morgan fingerprint density at radius 1 is 0.727 bits per heavy atom. The number of nitrogens with one attached hydrogen (secondary N) is 1. The minimum absolute atomic E-state index is 0.386. The summed E-state index contributed by atoms with van der Waals surface area (Å²) in [5.41, 5.74) is 0.386. The van der Waals surface area contributed by atoms with Crippen molar-refractivity contribution in [3.63, 3.8) is 0 Å². The fourth-order valence-electron chi connectivity index (χ4n) is 4.01. The number of unbranched alkanes of at least 4 members (excludes halogenated alkanes) is 2. The molecule has 0 saturated carbocycles. The maximum atomic E-state index is 3.93. The Morgan fingerprint density at radius 3 is 1.45 bits per heavy atom. The fraction of sp³-hybridized carbons (Fsp3) is 1.00. The maximum Gasteiger partial charge on any atom is 0.0184 e. The topological polar surface area (TPSA) is 12.0 Å². The van der Waals surface area contributed by atoms with Crippen molar-refractivity contribution in [3.8, 4) is 0 Å². The van der Waals surface area contributed by atoms with E-state index in [1.807, 2.05) is 0 Å². The standard InChI is InChI=1S/C21H45N/c1-7-13-15-19(9-3)17-21(11-5,22-12-6)18-20(10-4)16-14-8-2/h19-20,22H,7-18H2,1-6H3. The van der Waals surface area contributed by atoms with Gasteiger partial charge in [0.05, 0.1) is 0 Å². The van der Waals surface area contributed by atoms with E-state index in [1.54, 1.807) is 0 Å². The predicted octanol–water partition coefficient (Wildman–Crippen LogP) is 6.96. The van der Waals surface area contributed by atoms with E-state index < -0.39 is 0 Å². The summed E-state index contributed by atoms with van der Waals surface area (Å²) in [6.45, 7) is 15.2. The highest BCUT2D eigenvalue weighted by molar-refractivity contribution is 4.90. The lowest BCUT2D eigenvalue weighted by Crippen LogP contribution is -2.47. The van der Waals surface area contributed by atoms with Crippen molar-refractivity contribution in [2.75, 3.05) is 6.54 Å². The highest BCUT2D eigenvalue weighted by Gasteiger charge is 2.32. The molecule has 0 saturated heterocycles. The summed E-state index contributed by atoms with van der Waals surface area (Å²) >= 11 is 0. The van der Waals surface area contributed by atoms with Crippen molar-refractivity contribution < 1.29 is 0 Å². The molecule has 2 unspecified atom stereocenters. The summed E-state index contributed by atoms with van der Waals surface area (Å²) < 4.78 is 0. The van der Waals surface area contributed by atoms with Crippen LogP contribution < -0.4 is 5.32 Å². The Kier molecular flexibility index (Phi) is 13.4. The van der Waals surface area contributed by atoms with E-state index in [1.165, 1.54) is 70.6 Å². The number of hydrogen-bond donors (Lipinski definition) is 1. The first-order valence-electron chi connectivity index (χ1n) is 10.4. The summed E-state index contributed by atoms with van der Waals surface area (Å²) in [7, 11) is 0. The van der Waals surface area contributed by atoms with Crippen LogP contribution in [0.3, 0.4) is 0 Å². The third-order valence-electron chi connectivity index (χ3n) is 5.67. The van der Waals surface area contributed by atoms with Gasteiger partial charge >= 0.3 is 0 Å². The van der Waals surface area contributed by atoms with E-state index in [0.29, 0.717) is 5.54 Å². The molecule has 2 atom stereocenters. The zero-order chi connectivity index (χ0) is 16.8. The smallest absolute Gasteiger partial charge is 0.0184 e. The van der Waals surface area contributed by atoms with Gasteiger partial charge in [-0.15, -0.1) is 0 Å². The highest BCUT2D eigenvalue weighted by Crippen LogP contribution is 2.34. The molecular formula is C21H45N. The van der Waals surface area contributed by atoms with Gasteiger partial charge in [-0.2, -0.15) is 0 Å². The van der Waals surface area contributed by atoms with E-state index in [2.05, 4.69) is 46.9 Å². The molecule has 0 aromatic carbocycles. The van der Waals surface area contributed by atoms with Crippen LogP contribution in [0.5, 0.6) is 0 Å². The Morgan fingerprint density at radius 2 is 1.18 bits per heavy atom. The van der Waals surface area contributed by atoms with E-state index in [9.17, 15) is 0 Å². The van der Waals surface area contributed by atoms with E-state index in [0.717, 1.165) is 18.4 Å². The largest absolute Gasteiger partial charge is 0.312 e. The van der Waals surface area contributed by atoms with Crippen molar-refractivity contribution >= 4 is 0 Å². The van der Waals surface area contributed by atoms with Crippen LogP contribution in [0.4, 0.5) is 0 Å². The summed E-state index contributed by atoms with van der Waals surface area (Å²) in [5.74, 6) is 1.81. The molecular weight excluding hydrogens is 266 g/mol. The number of hydrogen-bond acceptors (Lipinski definition) is 1. The monoisotopic (exact) mass is 311 g/mol. The van der Waals surface area contributed by atoms with Gasteiger partial charge in [-0.1, -0.05) is 92.9 Å². The van der Waals surface area contributed by atoms with Gasteiger partial charge in [-0.25, -0.2) is 0 Å². The molecule has 134 valence electrons. The van der Waals surface area contributed by atoms with Crippen LogP contribution in [0.25, 0.3) is 0 Å².